The van der Waals surface area contributed by atoms with Gasteiger partial charge in [0.15, 0.2) is 5.75 Å². The fraction of sp³-hybridized carbons (Fsp3) is 0.133. The number of sulfonamides is 1. The fourth-order valence-corrected chi connectivity index (χ4v) is 4.42. The van der Waals surface area contributed by atoms with Crippen molar-refractivity contribution < 1.29 is 22.3 Å². The maximum absolute atomic E-state index is 13.1. The highest BCUT2D eigenvalue weighted by Crippen LogP contribution is 2.35. The largest absolute Gasteiger partial charge is 0.489 e. The lowest BCUT2D eigenvalue weighted by Gasteiger charge is -2.15. The number of carbonyl (C=O) groups is 1. The first-order chi connectivity index (χ1) is 11.8. The van der Waals surface area contributed by atoms with Gasteiger partial charge in [-0.3, -0.25) is 9.52 Å². The summed E-state index contributed by atoms with van der Waals surface area (Å²) in [7, 11) is -4.14. The summed E-state index contributed by atoms with van der Waals surface area (Å²) in [6.07, 6.45) is 0. The summed E-state index contributed by atoms with van der Waals surface area (Å²) in [5, 5.41) is 2.51. The number of benzene rings is 2. The predicted molar refractivity (Wildman–Crippen MR) is 94.2 cm³/mol. The molecule has 1 heterocycles. The second-order valence-corrected chi connectivity index (χ2v) is 8.09. The van der Waals surface area contributed by atoms with Gasteiger partial charge in [0.25, 0.3) is 15.9 Å². The van der Waals surface area contributed by atoms with Crippen LogP contribution in [-0.2, 0) is 10.0 Å². The Hall–Kier alpha value is -1.84. The maximum atomic E-state index is 13.1. The Balaban J connectivity index is 2.10. The van der Waals surface area contributed by atoms with E-state index in [0.29, 0.717) is 4.47 Å². The monoisotopic (exact) mass is 448 g/mol. The first-order valence-corrected chi connectivity index (χ1v) is 9.66. The van der Waals surface area contributed by atoms with E-state index in [-0.39, 0.29) is 40.1 Å². The molecule has 3 rings (SSSR count). The number of anilines is 1. The molecule has 25 heavy (non-hydrogen) atoms. The molecule has 0 saturated heterocycles. The van der Waals surface area contributed by atoms with Crippen molar-refractivity contribution in [1.82, 2.24) is 5.32 Å². The topological polar surface area (TPSA) is 84.5 Å². The van der Waals surface area contributed by atoms with Gasteiger partial charge in [0.2, 0.25) is 0 Å². The normalized spacial score (nSPS) is 14.1. The van der Waals surface area contributed by atoms with Gasteiger partial charge in [-0.15, -0.1) is 0 Å². The lowest BCUT2D eigenvalue weighted by Crippen LogP contribution is -2.24. The Bertz CT molecular complexity index is 968. The van der Waals surface area contributed by atoms with Crippen LogP contribution < -0.4 is 14.8 Å². The third-order valence-corrected chi connectivity index (χ3v) is 5.50. The van der Waals surface area contributed by atoms with Gasteiger partial charge in [-0.1, -0.05) is 27.5 Å². The van der Waals surface area contributed by atoms with Crippen LogP contribution in [0.25, 0.3) is 0 Å². The standard InChI is InChI=1S/C15H11BrClFN2O4S/c16-8-5-10-14(24-4-3-19-15(10)21)13(6-8)25(22,23)20-12-2-1-9(18)7-11(12)17/h1-2,5-7,20H,3-4H2,(H,19,21). The van der Waals surface area contributed by atoms with Crippen LogP contribution in [0.15, 0.2) is 39.7 Å². The third kappa shape index (κ3) is 3.73. The molecule has 1 aliphatic heterocycles. The number of halogens is 3. The van der Waals surface area contributed by atoms with Gasteiger partial charge in [-0.2, -0.15) is 0 Å². The summed E-state index contributed by atoms with van der Waals surface area (Å²) in [5.74, 6) is -1.08. The Labute approximate surface area is 156 Å². The molecule has 0 unspecified atom stereocenters. The van der Waals surface area contributed by atoms with E-state index in [0.717, 1.165) is 12.1 Å². The molecule has 0 aliphatic carbocycles. The second-order valence-electron chi connectivity index (χ2n) is 5.11. The average molecular weight is 450 g/mol. The van der Waals surface area contributed by atoms with Crippen LogP contribution in [0.3, 0.4) is 0 Å². The number of hydrogen-bond acceptors (Lipinski definition) is 4. The zero-order chi connectivity index (χ0) is 18.2. The SMILES string of the molecule is O=C1NCCOc2c1cc(Br)cc2S(=O)(=O)Nc1ccc(F)cc1Cl. The number of carbonyl (C=O) groups excluding carboxylic acids is 1. The van der Waals surface area contributed by atoms with E-state index in [1.54, 1.807) is 0 Å². The first-order valence-electron chi connectivity index (χ1n) is 7.00. The first kappa shape index (κ1) is 18.0. The predicted octanol–water partition coefficient (Wildman–Crippen LogP) is 3.16. The van der Waals surface area contributed by atoms with Gasteiger partial charge in [0.05, 0.1) is 22.8 Å². The number of amides is 1. The third-order valence-electron chi connectivity index (χ3n) is 3.36. The maximum Gasteiger partial charge on any atom is 0.265 e. The average Bonchev–Trinajstić information content (AvgIpc) is 2.71. The summed E-state index contributed by atoms with van der Waals surface area (Å²) < 4.78 is 46.8. The van der Waals surface area contributed by atoms with Crippen LogP contribution in [0.1, 0.15) is 10.4 Å². The minimum Gasteiger partial charge on any atom is -0.489 e. The van der Waals surface area contributed by atoms with Gasteiger partial charge >= 0.3 is 0 Å². The molecular formula is C15H11BrClFN2O4S. The van der Waals surface area contributed by atoms with E-state index >= 15 is 0 Å². The number of hydrogen-bond donors (Lipinski definition) is 2. The molecule has 6 nitrogen and oxygen atoms in total. The summed E-state index contributed by atoms with van der Waals surface area (Å²) in [6, 6.07) is 6.07. The fourth-order valence-electron chi connectivity index (χ4n) is 2.27. The van der Waals surface area contributed by atoms with Gasteiger partial charge in [0, 0.05) is 4.47 Å². The van der Waals surface area contributed by atoms with Crippen molar-refractivity contribution in [2.24, 2.45) is 0 Å². The smallest absolute Gasteiger partial charge is 0.265 e. The van der Waals surface area contributed by atoms with E-state index < -0.39 is 21.7 Å². The Morgan fingerprint density at radius 1 is 1.28 bits per heavy atom. The lowest BCUT2D eigenvalue weighted by atomic mass is 10.2. The Morgan fingerprint density at radius 2 is 2.04 bits per heavy atom. The highest BCUT2D eigenvalue weighted by atomic mass is 79.9. The van der Waals surface area contributed by atoms with Crippen molar-refractivity contribution in [2.45, 2.75) is 4.90 Å². The van der Waals surface area contributed by atoms with Gasteiger partial charge in [-0.05, 0) is 30.3 Å². The highest BCUT2D eigenvalue weighted by molar-refractivity contribution is 9.10. The van der Waals surface area contributed by atoms with Crippen LogP contribution in [0.5, 0.6) is 5.75 Å². The van der Waals surface area contributed by atoms with Crippen LogP contribution in [0.4, 0.5) is 10.1 Å². The molecule has 2 aromatic rings. The van der Waals surface area contributed by atoms with E-state index in [9.17, 15) is 17.6 Å². The van der Waals surface area contributed by atoms with Crippen LogP contribution in [0, 0.1) is 5.82 Å². The molecule has 0 aromatic heterocycles. The minimum atomic E-state index is -4.14. The molecule has 0 spiro atoms. The molecule has 2 aromatic carbocycles. The van der Waals surface area contributed by atoms with Crippen LogP contribution in [-0.4, -0.2) is 27.5 Å². The molecule has 132 valence electrons. The number of nitrogens with one attached hydrogen (secondary N) is 2. The van der Waals surface area contributed by atoms with E-state index in [1.165, 1.54) is 18.2 Å². The summed E-state index contributed by atoms with van der Waals surface area (Å²) in [5.41, 5.74) is 0.104. The lowest BCUT2D eigenvalue weighted by molar-refractivity contribution is 0.0957. The van der Waals surface area contributed by atoms with E-state index in [1.807, 2.05) is 0 Å². The molecule has 1 aliphatic rings. The van der Waals surface area contributed by atoms with Crippen molar-refractivity contribution in [1.29, 1.82) is 0 Å². The Kier molecular flexibility index (Phi) is 4.90. The van der Waals surface area contributed by atoms with Gasteiger partial charge < -0.3 is 10.1 Å². The summed E-state index contributed by atoms with van der Waals surface area (Å²) in [6.45, 7) is 0.377. The summed E-state index contributed by atoms with van der Waals surface area (Å²) >= 11 is 9.07. The number of rotatable bonds is 3. The van der Waals surface area contributed by atoms with Crippen molar-refractivity contribution in [2.75, 3.05) is 17.9 Å². The van der Waals surface area contributed by atoms with Gasteiger partial charge in [0.1, 0.15) is 17.3 Å². The van der Waals surface area contributed by atoms with Crippen LogP contribution in [0.2, 0.25) is 5.02 Å². The summed E-state index contributed by atoms with van der Waals surface area (Å²) in [4.78, 5) is 11.9. The number of ether oxygens (including phenoxy) is 1. The molecule has 10 heteroatoms. The quantitative estimate of drug-likeness (QED) is 0.754. The molecule has 0 atom stereocenters. The molecule has 0 fully saturated rings. The zero-order valence-electron chi connectivity index (χ0n) is 12.5. The minimum absolute atomic E-state index is 0.00913. The molecule has 2 N–H and O–H groups in total. The van der Waals surface area contributed by atoms with E-state index in [2.05, 4.69) is 26.0 Å². The zero-order valence-corrected chi connectivity index (χ0v) is 15.6. The molecule has 0 bridgehead atoms. The van der Waals surface area contributed by atoms with Crippen molar-refractivity contribution >= 4 is 49.1 Å². The second kappa shape index (κ2) is 6.81. The van der Waals surface area contributed by atoms with Crippen molar-refractivity contribution in [3.05, 3.63) is 51.2 Å². The van der Waals surface area contributed by atoms with E-state index in [4.69, 9.17) is 16.3 Å². The van der Waals surface area contributed by atoms with Crippen LogP contribution >= 0.6 is 27.5 Å². The number of fused-ring (bicyclic) bond motifs is 1. The molecule has 0 saturated carbocycles. The van der Waals surface area contributed by atoms with Crippen molar-refractivity contribution in [3.8, 4) is 5.75 Å². The molecule has 1 amide bonds. The highest BCUT2D eigenvalue weighted by Gasteiger charge is 2.28. The molecule has 0 radical (unpaired) electrons. The van der Waals surface area contributed by atoms with Crippen molar-refractivity contribution in [3.63, 3.8) is 0 Å². The Morgan fingerprint density at radius 3 is 2.76 bits per heavy atom. The van der Waals surface area contributed by atoms with Gasteiger partial charge in [-0.25, -0.2) is 12.8 Å². The molecular weight excluding hydrogens is 439 g/mol.